The van der Waals surface area contributed by atoms with Gasteiger partial charge >= 0.3 is 0 Å². The molecule has 2 heterocycles. The number of aryl methyl sites for hydroxylation is 1. The van der Waals surface area contributed by atoms with E-state index >= 15 is 0 Å². The van der Waals surface area contributed by atoms with Crippen molar-refractivity contribution < 1.29 is 9.47 Å². The summed E-state index contributed by atoms with van der Waals surface area (Å²) in [6.45, 7) is 2.92. The van der Waals surface area contributed by atoms with Crippen molar-refractivity contribution in [3.05, 3.63) is 60.3 Å². The van der Waals surface area contributed by atoms with Gasteiger partial charge in [0.1, 0.15) is 5.75 Å². The lowest BCUT2D eigenvalue weighted by Gasteiger charge is -2.23. The van der Waals surface area contributed by atoms with E-state index in [1.54, 1.807) is 0 Å². The molecule has 3 aromatic rings. The molecule has 2 aromatic carbocycles. The van der Waals surface area contributed by atoms with Crippen molar-refractivity contribution in [2.24, 2.45) is 0 Å². The van der Waals surface area contributed by atoms with Crippen molar-refractivity contribution in [3.63, 3.8) is 0 Å². The molecular weight excluding hydrogens is 298 g/mol. The SMILES string of the molecule is Cc1ccnc2c(-c3ccc(OC4CCCCO4)cc3)cccc12. The maximum absolute atomic E-state index is 5.91. The first kappa shape index (κ1) is 15.2. The second-order valence-electron chi connectivity index (χ2n) is 6.27. The van der Waals surface area contributed by atoms with Crippen molar-refractivity contribution in [3.8, 4) is 16.9 Å². The van der Waals surface area contributed by atoms with E-state index in [1.807, 2.05) is 24.4 Å². The first-order valence-electron chi connectivity index (χ1n) is 8.54. The van der Waals surface area contributed by atoms with Gasteiger partial charge in [0.15, 0.2) is 6.29 Å². The highest BCUT2D eigenvalue weighted by Crippen LogP contribution is 2.30. The summed E-state index contributed by atoms with van der Waals surface area (Å²) in [4.78, 5) is 4.58. The van der Waals surface area contributed by atoms with E-state index in [9.17, 15) is 0 Å². The minimum Gasteiger partial charge on any atom is -0.465 e. The molecule has 3 nitrogen and oxygen atoms in total. The van der Waals surface area contributed by atoms with Gasteiger partial charge < -0.3 is 9.47 Å². The predicted octanol–water partition coefficient (Wildman–Crippen LogP) is 5.12. The lowest BCUT2D eigenvalue weighted by Crippen LogP contribution is -2.24. The molecule has 0 amide bonds. The number of aromatic nitrogens is 1. The molecular formula is C21H21NO2. The fourth-order valence-electron chi connectivity index (χ4n) is 3.22. The summed E-state index contributed by atoms with van der Waals surface area (Å²) >= 11 is 0. The van der Waals surface area contributed by atoms with Gasteiger partial charge in [0, 0.05) is 23.6 Å². The Labute approximate surface area is 142 Å². The highest BCUT2D eigenvalue weighted by atomic mass is 16.7. The number of hydrogen-bond donors (Lipinski definition) is 0. The summed E-state index contributed by atoms with van der Waals surface area (Å²) < 4.78 is 11.6. The van der Waals surface area contributed by atoms with Crippen molar-refractivity contribution >= 4 is 10.9 Å². The zero-order valence-corrected chi connectivity index (χ0v) is 13.9. The maximum Gasteiger partial charge on any atom is 0.199 e. The van der Waals surface area contributed by atoms with Crippen LogP contribution in [0.5, 0.6) is 5.75 Å². The Morgan fingerprint density at radius 1 is 1.04 bits per heavy atom. The Morgan fingerprint density at radius 2 is 1.92 bits per heavy atom. The number of pyridine rings is 1. The largest absolute Gasteiger partial charge is 0.465 e. The Bertz CT molecular complexity index is 836. The fraction of sp³-hybridized carbons (Fsp3) is 0.286. The van der Waals surface area contributed by atoms with Crippen LogP contribution in [0.2, 0.25) is 0 Å². The summed E-state index contributed by atoms with van der Waals surface area (Å²) in [5, 5.41) is 1.20. The van der Waals surface area contributed by atoms with E-state index in [0.717, 1.165) is 41.8 Å². The number of hydrogen-bond acceptors (Lipinski definition) is 3. The first-order valence-corrected chi connectivity index (χ1v) is 8.54. The molecule has 0 spiro atoms. The summed E-state index contributed by atoms with van der Waals surface area (Å²) in [6.07, 6.45) is 5.04. The highest BCUT2D eigenvalue weighted by molar-refractivity contribution is 5.95. The normalized spacial score (nSPS) is 17.8. The van der Waals surface area contributed by atoms with E-state index in [4.69, 9.17) is 9.47 Å². The zero-order valence-electron chi connectivity index (χ0n) is 13.9. The van der Waals surface area contributed by atoms with Gasteiger partial charge in [-0.15, -0.1) is 0 Å². The lowest BCUT2D eigenvalue weighted by atomic mass is 10.00. The molecule has 1 aliphatic heterocycles. The van der Waals surface area contributed by atoms with Gasteiger partial charge in [0.25, 0.3) is 0 Å². The maximum atomic E-state index is 5.91. The average Bonchev–Trinajstić information content (AvgIpc) is 2.63. The molecule has 1 aromatic heterocycles. The summed E-state index contributed by atoms with van der Waals surface area (Å²) in [5.74, 6) is 0.857. The van der Waals surface area contributed by atoms with Crippen molar-refractivity contribution in [2.45, 2.75) is 32.5 Å². The van der Waals surface area contributed by atoms with Crippen LogP contribution in [0.3, 0.4) is 0 Å². The molecule has 0 aliphatic carbocycles. The van der Waals surface area contributed by atoms with Gasteiger partial charge in [-0.2, -0.15) is 0 Å². The lowest BCUT2D eigenvalue weighted by molar-refractivity contribution is -0.105. The number of benzene rings is 2. The second-order valence-corrected chi connectivity index (χ2v) is 6.27. The van der Waals surface area contributed by atoms with Crippen LogP contribution in [0.15, 0.2) is 54.7 Å². The van der Waals surface area contributed by atoms with Gasteiger partial charge in [-0.3, -0.25) is 4.98 Å². The Hall–Kier alpha value is -2.39. The molecule has 1 aliphatic rings. The molecule has 3 heteroatoms. The van der Waals surface area contributed by atoms with Gasteiger partial charge in [0.2, 0.25) is 0 Å². The molecule has 1 saturated heterocycles. The third kappa shape index (κ3) is 3.00. The van der Waals surface area contributed by atoms with Gasteiger partial charge in [0.05, 0.1) is 12.1 Å². The molecule has 0 bridgehead atoms. The van der Waals surface area contributed by atoms with Crippen LogP contribution >= 0.6 is 0 Å². The fourth-order valence-corrected chi connectivity index (χ4v) is 3.22. The Morgan fingerprint density at radius 3 is 2.71 bits per heavy atom. The Kier molecular flexibility index (Phi) is 4.18. The summed E-state index contributed by atoms with van der Waals surface area (Å²) in [5.41, 5.74) is 4.59. The smallest absolute Gasteiger partial charge is 0.199 e. The molecule has 1 unspecified atom stereocenters. The molecule has 0 saturated carbocycles. The molecule has 24 heavy (non-hydrogen) atoms. The topological polar surface area (TPSA) is 31.4 Å². The Balaban J connectivity index is 1.62. The quantitative estimate of drug-likeness (QED) is 0.672. The van der Waals surface area contributed by atoms with E-state index in [1.165, 1.54) is 17.4 Å². The van der Waals surface area contributed by atoms with E-state index in [2.05, 4.69) is 42.2 Å². The second kappa shape index (κ2) is 6.62. The van der Waals surface area contributed by atoms with Crippen LogP contribution in [-0.2, 0) is 4.74 Å². The van der Waals surface area contributed by atoms with E-state index in [-0.39, 0.29) is 6.29 Å². The first-order chi connectivity index (χ1) is 11.8. The molecule has 0 radical (unpaired) electrons. The van der Waals surface area contributed by atoms with Gasteiger partial charge in [-0.25, -0.2) is 0 Å². The predicted molar refractivity (Wildman–Crippen MR) is 96.1 cm³/mol. The van der Waals surface area contributed by atoms with E-state index in [0.29, 0.717) is 0 Å². The van der Waals surface area contributed by atoms with Crippen LogP contribution in [-0.4, -0.2) is 17.9 Å². The number of para-hydroxylation sites is 1. The zero-order chi connectivity index (χ0) is 16.4. The molecule has 1 atom stereocenters. The number of rotatable bonds is 3. The minimum absolute atomic E-state index is 0.105. The van der Waals surface area contributed by atoms with Gasteiger partial charge in [-0.1, -0.05) is 30.3 Å². The molecule has 4 rings (SSSR count). The molecule has 1 fully saturated rings. The summed E-state index contributed by atoms with van der Waals surface area (Å²) in [7, 11) is 0. The average molecular weight is 319 g/mol. The van der Waals surface area contributed by atoms with Crippen LogP contribution in [0.1, 0.15) is 24.8 Å². The molecule has 0 N–H and O–H groups in total. The number of nitrogens with zero attached hydrogens (tertiary/aromatic N) is 1. The van der Waals surface area contributed by atoms with Crippen LogP contribution in [0, 0.1) is 6.92 Å². The number of ether oxygens (including phenoxy) is 2. The number of fused-ring (bicyclic) bond motifs is 1. The van der Waals surface area contributed by atoms with Crippen LogP contribution < -0.4 is 4.74 Å². The van der Waals surface area contributed by atoms with Crippen molar-refractivity contribution in [1.29, 1.82) is 0 Å². The minimum atomic E-state index is -0.105. The van der Waals surface area contributed by atoms with Crippen molar-refractivity contribution in [1.82, 2.24) is 4.98 Å². The van der Waals surface area contributed by atoms with Crippen molar-refractivity contribution in [2.75, 3.05) is 6.61 Å². The van der Waals surface area contributed by atoms with Crippen LogP contribution in [0.4, 0.5) is 0 Å². The van der Waals surface area contributed by atoms with E-state index < -0.39 is 0 Å². The molecule has 122 valence electrons. The third-order valence-electron chi connectivity index (χ3n) is 4.56. The highest BCUT2D eigenvalue weighted by Gasteiger charge is 2.15. The van der Waals surface area contributed by atoms with Crippen LogP contribution in [0.25, 0.3) is 22.0 Å². The van der Waals surface area contributed by atoms with Gasteiger partial charge in [-0.05, 0) is 49.1 Å². The summed E-state index contributed by atoms with van der Waals surface area (Å²) in [6, 6.07) is 16.6. The standard InChI is InChI=1S/C21H21NO2/c1-15-12-13-22-21-18(15)5-4-6-19(21)16-8-10-17(11-9-16)24-20-7-2-3-14-23-20/h4-6,8-13,20H,2-3,7,14H2,1H3. The monoisotopic (exact) mass is 319 g/mol. The third-order valence-corrected chi connectivity index (χ3v) is 4.56.